The van der Waals surface area contributed by atoms with Crippen molar-refractivity contribution in [1.82, 2.24) is 9.97 Å². The lowest BCUT2D eigenvalue weighted by molar-refractivity contribution is 0.102. The van der Waals surface area contributed by atoms with Crippen LogP contribution in [0.25, 0.3) is 0 Å². The number of nitrogens with one attached hydrogen (secondary N) is 1. The van der Waals surface area contributed by atoms with Crippen molar-refractivity contribution in [1.29, 1.82) is 5.26 Å². The number of aryl methyl sites for hydroxylation is 1. The summed E-state index contributed by atoms with van der Waals surface area (Å²) in [4.78, 5) is 19.8. The highest BCUT2D eigenvalue weighted by molar-refractivity contribution is 6.05. The van der Waals surface area contributed by atoms with Crippen LogP contribution in [0.5, 0.6) is 0 Å². The molecule has 5 heteroatoms. The first-order chi connectivity index (χ1) is 8.72. The fourth-order valence-electron chi connectivity index (χ4n) is 1.49. The summed E-state index contributed by atoms with van der Waals surface area (Å²) in [6.45, 7) is 1.73. The summed E-state index contributed by atoms with van der Waals surface area (Å²) in [7, 11) is 0. The SMILES string of the molecule is Cc1ncncc1C(=O)Nc1ccccc1C#N. The van der Waals surface area contributed by atoms with Gasteiger partial charge in [0.15, 0.2) is 0 Å². The molecule has 2 aromatic rings. The first kappa shape index (κ1) is 11.7. The molecule has 0 atom stereocenters. The lowest BCUT2D eigenvalue weighted by atomic mass is 10.1. The van der Waals surface area contributed by atoms with Gasteiger partial charge in [-0.25, -0.2) is 9.97 Å². The molecule has 0 aliphatic heterocycles. The minimum atomic E-state index is -0.323. The molecule has 0 saturated carbocycles. The molecule has 1 amide bonds. The number of nitrogens with zero attached hydrogens (tertiary/aromatic N) is 3. The number of para-hydroxylation sites is 1. The first-order valence-corrected chi connectivity index (χ1v) is 5.29. The summed E-state index contributed by atoms with van der Waals surface area (Å²) >= 11 is 0. The summed E-state index contributed by atoms with van der Waals surface area (Å²) in [5.41, 5.74) is 1.88. The van der Waals surface area contributed by atoms with Gasteiger partial charge in [-0.2, -0.15) is 5.26 Å². The molecule has 1 aromatic carbocycles. The average Bonchev–Trinajstić information content (AvgIpc) is 2.39. The highest BCUT2D eigenvalue weighted by Gasteiger charge is 2.11. The predicted octanol–water partition coefficient (Wildman–Crippen LogP) is 1.91. The van der Waals surface area contributed by atoms with Crippen molar-refractivity contribution in [2.24, 2.45) is 0 Å². The third kappa shape index (κ3) is 2.33. The second-order valence-corrected chi connectivity index (χ2v) is 3.63. The Hall–Kier alpha value is -2.74. The summed E-state index contributed by atoms with van der Waals surface area (Å²) in [6.07, 6.45) is 2.84. The van der Waals surface area contributed by atoms with E-state index in [9.17, 15) is 4.79 Å². The maximum Gasteiger partial charge on any atom is 0.259 e. The first-order valence-electron chi connectivity index (χ1n) is 5.29. The smallest absolute Gasteiger partial charge is 0.259 e. The molecule has 0 aliphatic carbocycles. The number of rotatable bonds is 2. The molecule has 1 heterocycles. The van der Waals surface area contributed by atoms with E-state index in [1.807, 2.05) is 6.07 Å². The summed E-state index contributed by atoms with van der Waals surface area (Å²) in [5.74, 6) is -0.323. The summed E-state index contributed by atoms with van der Waals surface area (Å²) in [6, 6.07) is 8.84. The number of benzene rings is 1. The topological polar surface area (TPSA) is 78.7 Å². The fourth-order valence-corrected chi connectivity index (χ4v) is 1.49. The monoisotopic (exact) mass is 238 g/mol. The predicted molar refractivity (Wildman–Crippen MR) is 65.9 cm³/mol. The molecule has 2 rings (SSSR count). The van der Waals surface area contributed by atoms with E-state index < -0.39 is 0 Å². The number of hydrogen-bond donors (Lipinski definition) is 1. The Kier molecular flexibility index (Phi) is 3.30. The van der Waals surface area contributed by atoms with Crippen molar-refractivity contribution in [2.45, 2.75) is 6.92 Å². The molecule has 1 aromatic heterocycles. The third-order valence-electron chi connectivity index (χ3n) is 2.45. The molecule has 0 spiro atoms. The number of nitriles is 1. The molecule has 5 nitrogen and oxygen atoms in total. The highest BCUT2D eigenvalue weighted by Crippen LogP contribution is 2.15. The molecule has 0 saturated heterocycles. The fraction of sp³-hybridized carbons (Fsp3) is 0.0769. The van der Waals surface area contributed by atoms with Crippen molar-refractivity contribution in [3.8, 4) is 6.07 Å². The number of carbonyl (C=O) groups is 1. The second-order valence-electron chi connectivity index (χ2n) is 3.63. The number of carbonyl (C=O) groups excluding carboxylic acids is 1. The van der Waals surface area contributed by atoms with Gasteiger partial charge < -0.3 is 5.32 Å². The average molecular weight is 238 g/mol. The Morgan fingerprint density at radius 3 is 2.89 bits per heavy atom. The van der Waals surface area contributed by atoms with Crippen molar-refractivity contribution >= 4 is 11.6 Å². The number of aromatic nitrogens is 2. The van der Waals surface area contributed by atoms with Gasteiger partial charge in [-0.1, -0.05) is 12.1 Å². The van der Waals surface area contributed by atoms with Crippen molar-refractivity contribution in [3.05, 3.63) is 53.6 Å². The zero-order chi connectivity index (χ0) is 13.0. The Labute approximate surface area is 104 Å². The maximum absolute atomic E-state index is 12.0. The lowest BCUT2D eigenvalue weighted by Crippen LogP contribution is -2.15. The molecule has 88 valence electrons. The van der Waals surface area contributed by atoms with Crippen LogP contribution in [-0.2, 0) is 0 Å². The van der Waals surface area contributed by atoms with Crippen LogP contribution >= 0.6 is 0 Å². The third-order valence-corrected chi connectivity index (χ3v) is 2.45. The van der Waals surface area contributed by atoms with E-state index in [2.05, 4.69) is 15.3 Å². The molecule has 1 N–H and O–H groups in total. The van der Waals surface area contributed by atoms with E-state index >= 15 is 0 Å². The normalized spacial score (nSPS) is 9.56. The highest BCUT2D eigenvalue weighted by atomic mass is 16.1. The van der Waals surface area contributed by atoms with Crippen molar-refractivity contribution < 1.29 is 4.79 Å². The molecule has 0 radical (unpaired) electrons. The van der Waals surface area contributed by atoms with Crippen LogP contribution in [0.2, 0.25) is 0 Å². The molecular weight excluding hydrogens is 228 g/mol. The molecule has 0 aliphatic rings. The second kappa shape index (κ2) is 5.06. The van der Waals surface area contributed by atoms with Crippen molar-refractivity contribution in [2.75, 3.05) is 5.32 Å². The van der Waals surface area contributed by atoms with Crippen LogP contribution < -0.4 is 5.32 Å². The number of hydrogen-bond acceptors (Lipinski definition) is 4. The maximum atomic E-state index is 12.0. The number of anilines is 1. The molecule has 0 fully saturated rings. The standard InChI is InChI=1S/C13H10N4O/c1-9-11(7-15-8-16-9)13(18)17-12-5-3-2-4-10(12)6-14/h2-5,7-8H,1H3,(H,17,18). The summed E-state index contributed by atoms with van der Waals surface area (Å²) in [5, 5.41) is 11.6. The Bertz CT molecular complexity index is 631. The molecular formula is C13H10N4O. The molecule has 0 bridgehead atoms. The molecule has 0 unspecified atom stereocenters. The Morgan fingerprint density at radius 2 is 2.17 bits per heavy atom. The zero-order valence-electron chi connectivity index (χ0n) is 9.71. The van der Waals surface area contributed by atoms with E-state index in [1.54, 1.807) is 31.2 Å². The van der Waals surface area contributed by atoms with E-state index in [-0.39, 0.29) is 5.91 Å². The van der Waals surface area contributed by atoms with E-state index in [0.29, 0.717) is 22.5 Å². The van der Waals surface area contributed by atoms with Gasteiger partial charge in [-0.15, -0.1) is 0 Å². The van der Waals surface area contributed by atoms with Crippen LogP contribution in [0.4, 0.5) is 5.69 Å². The lowest BCUT2D eigenvalue weighted by Gasteiger charge is -2.07. The van der Waals surface area contributed by atoms with E-state index in [0.717, 1.165) is 0 Å². The minimum Gasteiger partial charge on any atom is -0.321 e. The van der Waals surface area contributed by atoms with Gasteiger partial charge in [0, 0.05) is 6.20 Å². The zero-order valence-corrected chi connectivity index (χ0v) is 9.71. The van der Waals surface area contributed by atoms with Crippen LogP contribution in [-0.4, -0.2) is 15.9 Å². The Balaban J connectivity index is 2.28. The van der Waals surface area contributed by atoms with Gasteiger partial charge >= 0.3 is 0 Å². The van der Waals surface area contributed by atoms with Crippen LogP contribution in [0.15, 0.2) is 36.8 Å². The van der Waals surface area contributed by atoms with E-state index in [1.165, 1.54) is 12.5 Å². The minimum absolute atomic E-state index is 0.323. The van der Waals surface area contributed by atoms with Gasteiger partial charge in [-0.05, 0) is 19.1 Å². The van der Waals surface area contributed by atoms with Gasteiger partial charge in [0.2, 0.25) is 0 Å². The van der Waals surface area contributed by atoms with E-state index in [4.69, 9.17) is 5.26 Å². The quantitative estimate of drug-likeness (QED) is 0.866. The molecule has 18 heavy (non-hydrogen) atoms. The van der Waals surface area contributed by atoms with Crippen LogP contribution in [0.3, 0.4) is 0 Å². The van der Waals surface area contributed by atoms with Gasteiger partial charge in [0.1, 0.15) is 12.4 Å². The van der Waals surface area contributed by atoms with Crippen molar-refractivity contribution in [3.63, 3.8) is 0 Å². The largest absolute Gasteiger partial charge is 0.321 e. The van der Waals surface area contributed by atoms with Gasteiger partial charge in [-0.3, -0.25) is 4.79 Å². The van der Waals surface area contributed by atoms with Gasteiger partial charge in [0.25, 0.3) is 5.91 Å². The van der Waals surface area contributed by atoms with Crippen LogP contribution in [0.1, 0.15) is 21.6 Å². The Morgan fingerprint density at radius 1 is 1.39 bits per heavy atom. The number of amides is 1. The van der Waals surface area contributed by atoms with Crippen LogP contribution in [0, 0.1) is 18.3 Å². The van der Waals surface area contributed by atoms with Gasteiger partial charge in [0.05, 0.1) is 22.5 Å². The summed E-state index contributed by atoms with van der Waals surface area (Å²) < 4.78 is 0.